The van der Waals surface area contributed by atoms with Crippen LogP contribution in [0.4, 0.5) is 14.5 Å². The molecule has 7 nitrogen and oxygen atoms in total. The van der Waals surface area contributed by atoms with Gasteiger partial charge in [-0.25, -0.2) is 8.78 Å². The summed E-state index contributed by atoms with van der Waals surface area (Å²) in [6.07, 6.45) is 3.75. The van der Waals surface area contributed by atoms with Gasteiger partial charge in [0.2, 0.25) is 5.91 Å². The topological polar surface area (TPSA) is 63.2 Å². The molecule has 0 radical (unpaired) electrons. The second kappa shape index (κ2) is 10.7. The predicted octanol–water partition coefficient (Wildman–Crippen LogP) is 1.65. The van der Waals surface area contributed by atoms with E-state index in [1.807, 2.05) is 19.0 Å². The fourth-order valence-corrected chi connectivity index (χ4v) is 4.38. The SMILES string of the molecule is CN=C(NCCCN1CCCC1C(=O)N(C)C)NC1CCN(c2ccc(F)cc2F)C1. The number of rotatable bonds is 7. The van der Waals surface area contributed by atoms with Crippen LogP contribution in [0.1, 0.15) is 25.7 Å². The van der Waals surface area contributed by atoms with Gasteiger partial charge in [-0.05, 0) is 44.4 Å². The Morgan fingerprint density at radius 3 is 2.77 bits per heavy atom. The van der Waals surface area contributed by atoms with Crippen LogP contribution in [0, 0.1) is 11.6 Å². The predicted molar refractivity (Wildman–Crippen MR) is 119 cm³/mol. The van der Waals surface area contributed by atoms with E-state index in [9.17, 15) is 13.6 Å². The number of benzene rings is 1. The van der Waals surface area contributed by atoms with Crippen molar-refractivity contribution in [3.05, 3.63) is 29.8 Å². The number of nitrogens with one attached hydrogen (secondary N) is 2. The molecule has 2 fully saturated rings. The van der Waals surface area contributed by atoms with Crippen LogP contribution in [0.5, 0.6) is 0 Å². The van der Waals surface area contributed by atoms with Gasteiger partial charge in [-0.1, -0.05) is 0 Å². The summed E-state index contributed by atoms with van der Waals surface area (Å²) in [7, 11) is 5.35. The van der Waals surface area contributed by atoms with Crippen molar-refractivity contribution < 1.29 is 13.6 Å². The maximum Gasteiger partial charge on any atom is 0.239 e. The van der Waals surface area contributed by atoms with Crippen molar-refractivity contribution in [2.24, 2.45) is 4.99 Å². The Morgan fingerprint density at radius 2 is 2.06 bits per heavy atom. The average Bonchev–Trinajstić information content (AvgIpc) is 3.39. The molecule has 0 aliphatic carbocycles. The number of carbonyl (C=O) groups is 1. The maximum atomic E-state index is 14.0. The summed E-state index contributed by atoms with van der Waals surface area (Å²) in [6, 6.07) is 3.84. The Balaban J connectivity index is 1.41. The van der Waals surface area contributed by atoms with E-state index in [0.717, 1.165) is 51.4 Å². The molecule has 9 heteroatoms. The lowest BCUT2D eigenvalue weighted by Crippen LogP contribution is -2.46. The van der Waals surface area contributed by atoms with E-state index in [2.05, 4.69) is 20.5 Å². The molecule has 0 spiro atoms. The summed E-state index contributed by atoms with van der Waals surface area (Å²) in [6.45, 7) is 3.92. The molecule has 2 atom stereocenters. The summed E-state index contributed by atoms with van der Waals surface area (Å²) in [5, 5.41) is 6.73. The minimum Gasteiger partial charge on any atom is -0.367 e. The number of likely N-dealkylation sites (tertiary alicyclic amines) is 1. The monoisotopic (exact) mass is 436 g/mol. The van der Waals surface area contributed by atoms with Gasteiger partial charge in [0.15, 0.2) is 5.96 Å². The van der Waals surface area contributed by atoms with E-state index in [4.69, 9.17) is 0 Å². The van der Waals surface area contributed by atoms with Crippen LogP contribution in [0.25, 0.3) is 0 Å². The van der Waals surface area contributed by atoms with Crippen molar-refractivity contribution in [3.8, 4) is 0 Å². The molecule has 0 saturated carbocycles. The number of likely N-dealkylation sites (N-methyl/N-ethyl adjacent to an activating group) is 1. The lowest BCUT2D eigenvalue weighted by Gasteiger charge is -2.26. The van der Waals surface area contributed by atoms with Gasteiger partial charge < -0.3 is 20.4 Å². The summed E-state index contributed by atoms with van der Waals surface area (Å²) in [5.41, 5.74) is 0.432. The highest BCUT2D eigenvalue weighted by Crippen LogP contribution is 2.24. The van der Waals surface area contributed by atoms with Gasteiger partial charge >= 0.3 is 0 Å². The number of hydrogen-bond acceptors (Lipinski definition) is 4. The third-order valence-corrected chi connectivity index (χ3v) is 6.01. The van der Waals surface area contributed by atoms with Crippen LogP contribution < -0.4 is 15.5 Å². The van der Waals surface area contributed by atoms with Crippen LogP contribution in [-0.4, -0.2) is 87.6 Å². The van der Waals surface area contributed by atoms with Crippen LogP contribution >= 0.6 is 0 Å². The maximum absolute atomic E-state index is 14.0. The molecule has 2 heterocycles. The van der Waals surface area contributed by atoms with Crippen molar-refractivity contribution in [1.29, 1.82) is 0 Å². The van der Waals surface area contributed by atoms with Crippen LogP contribution in [-0.2, 0) is 4.79 Å². The Bertz CT molecular complexity index is 787. The largest absolute Gasteiger partial charge is 0.367 e. The number of anilines is 1. The standard InChI is InChI=1S/C22H34F2N6O/c1-25-22(26-10-5-12-29-11-4-6-20(29)21(31)28(2)3)27-17-9-13-30(15-17)19-8-7-16(23)14-18(19)24/h7-8,14,17,20H,4-6,9-13,15H2,1-3H3,(H2,25,26,27). The molecule has 0 bridgehead atoms. The molecule has 2 unspecified atom stereocenters. The number of halogens is 2. The van der Waals surface area contributed by atoms with Crippen LogP contribution in [0.15, 0.2) is 23.2 Å². The first kappa shape index (κ1) is 23.2. The van der Waals surface area contributed by atoms with Gasteiger partial charge in [-0.2, -0.15) is 0 Å². The summed E-state index contributed by atoms with van der Waals surface area (Å²) < 4.78 is 27.2. The number of amides is 1. The van der Waals surface area contributed by atoms with E-state index in [1.54, 1.807) is 11.9 Å². The van der Waals surface area contributed by atoms with Gasteiger partial charge in [0.25, 0.3) is 0 Å². The van der Waals surface area contributed by atoms with Crippen molar-refractivity contribution in [3.63, 3.8) is 0 Å². The number of guanidine groups is 1. The smallest absolute Gasteiger partial charge is 0.239 e. The molecule has 1 amide bonds. The van der Waals surface area contributed by atoms with Gasteiger partial charge in [0.05, 0.1) is 11.7 Å². The molecule has 2 aliphatic rings. The molecule has 0 aromatic heterocycles. The van der Waals surface area contributed by atoms with Crippen LogP contribution in [0.2, 0.25) is 0 Å². The fraction of sp³-hybridized carbons (Fsp3) is 0.636. The molecule has 3 rings (SSSR count). The van der Waals surface area contributed by atoms with Gasteiger partial charge in [0.1, 0.15) is 11.6 Å². The number of carbonyl (C=O) groups excluding carboxylic acids is 1. The van der Waals surface area contributed by atoms with Gasteiger partial charge in [-0.15, -0.1) is 0 Å². The normalized spacial score (nSPS) is 22.1. The van der Waals surface area contributed by atoms with Crippen LogP contribution in [0.3, 0.4) is 0 Å². The van der Waals surface area contributed by atoms with E-state index >= 15 is 0 Å². The summed E-state index contributed by atoms with van der Waals surface area (Å²) in [4.78, 5) is 22.5. The summed E-state index contributed by atoms with van der Waals surface area (Å²) >= 11 is 0. The molecule has 31 heavy (non-hydrogen) atoms. The molecule has 1 aromatic rings. The van der Waals surface area contributed by atoms with E-state index < -0.39 is 11.6 Å². The number of hydrogen-bond donors (Lipinski definition) is 2. The van der Waals surface area contributed by atoms with Gasteiger partial charge in [0, 0.05) is 59.4 Å². The highest BCUT2D eigenvalue weighted by molar-refractivity contribution is 5.81. The Morgan fingerprint density at radius 1 is 1.26 bits per heavy atom. The first-order valence-corrected chi connectivity index (χ1v) is 11.0. The molecule has 2 saturated heterocycles. The third kappa shape index (κ3) is 6.06. The quantitative estimate of drug-likeness (QED) is 0.387. The molecule has 172 valence electrons. The zero-order valence-electron chi connectivity index (χ0n) is 18.7. The summed E-state index contributed by atoms with van der Waals surface area (Å²) in [5.74, 6) is -0.192. The molecule has 1 aromatic carbocycles. The number of nitrogens with zero attached hydrogens (tertiary/aromatic N) is 4. The first-order valence-electron chi connectivity index (χ1n) is 11.0. The Kier molecular flexibility index (Phi) is 8.06. The second-order valence-corrected chi connectivity index (χ2v) is 8.45. The Hall–Kier alpha value is -2.42. The average molecular weight is 437 g/mol. The molecular formula is C22H34F2N6O. The first-order chi connectivity index (χ1) is 14.9. The van der Waals surface area contributed by atoms with Gasteiger partial charge in [-0.3, -0.25) is 14.7 Å². The minimum atomic E-state index is -0.564. The second-order valence-electron chi connectivity index (χ2n) is 8.45. The van der Waals surface area contributed by atoms with E-state index in [1.165, 1.54) is 12.1 Å². The molecule has 2 N–H and O–H groups in total. The molecule has 2 aliphatic heterocycles. The lowest BCUT2D eigenvalue weighted by molar-refractivity contribution is -0.133. The highest BCUT2D eigenvalue weighted by atomic mass is 19.1. The van der Waals surface area contributed by atoms with E-state index in [0.29, 0.717) is 24.7 Å². The fourth-order valence-electron chi connectivity index (χ4n) is 4.38. The zero-order chi connectivity index (χ0) is 22.4. The van der Waals surface area contributed by atoms with Crippen molar-refractivity contribution in [2.45, 2.75) is 37.8 Å². The van der Waals surface area contributed by atoms with Crippen molar-refractivity contribution >= 4 is 17.6 Å². The number of aliphatic imine (C=N–C) groups is 1. The third-order valence-electron chi connectivity index (χ3n) is 6.01. The molecular weight excluding hydrogens is 402 g/mol. The zero-order valence-corrected chi connectivity index (χ0v) is 18.7. The van der Waals surface area contributed by atoms with Crippen molar-refractivity contribution in [2.75, 3.05) is 58.8 Å². The highest BCUT2D eigenvalue weighted by Gasteiger charge is 2.31. The van der Waals surface area contributed by atoms with E-state index in [-0.39, 0.29) is 18.0 Å². The minimum absolute atomic E-state index is 0.00349. The lowest BCUT2D eigenvalue weighted by atomic mass is 10.2. The van der Waals surface area contributed by atoms with Crippen molar-refractivity contribution in [1.82, 2.24) is 20.4 Å². The Labute approximate surface area is 183 Å².